The largest absolute Gasteiger partial charge is 0.465 e. The molecule has 1 N–H and O–H groups in total. The third-order valence-electron chi connectivity index (χ3n) is 6.79. The molecule has 2 unspecified atom stereocenters. The number of carbonyl (C=O) groups is 1. The molecule has 3 heteroatoms. The minimum atomic E-state index is -0.309. The first-order chi connectivity index (χ1) is 13.4. The second-order valence-electron chi connectivity index (χ2n) is 9.28. The molecule has 3 nitrogen and oxygen atoms in total. The SMILES string of the molecule is COC(=O)c1ccc(Nc2ccc(C3(C)CC4CC(C)CC(C4)C3)cc2)cc1. The lowest BCUT2D eigenvalue weighted by Crippen LogP contribution is -2.38. The van der Waals surface area contributed by atoms with Crippen LogP contribution in [-0.4, -0.2) is 13.1 Å². The summed E-state index contributed by atoms with van der Waals surface area (Å²) in [4.78, 5) is 11.5. The molecule has 2 aliphatic rings. The highest BCUT2D eigenvalue weighted by atomic mass is 16.5. The smallest absolute Gasteiger partial charge is 0.337 e. The average Bonchev–Trinajstić information content (AvgIpc) is 2.67. The number of esters is 1. The molecule has 2 bridgehead atoms. The molecule has 4 rings (SSSR count). The highest BCUT2D eigenvalue weighted by Gasteiger charge is 2.41. The van der Waals surface area contributed by atoms with E-state index < -0.39 is 0 Å². The summed E-state index contributed by atoms with van der Waals surface area (Å²) < 4.78 is 4.75. The van der Waals surface area contributed by atoms with Crippen molar-refractivity contribution in [3.63, 3.8) is 0 Å². The molecule has 0 aliphatic heterocycles. The van der Waals surface area contributed by atoms with Crippen molar-refractivity contribution in [1.29, 1.82) is 0 Å². The number of rotatable bonds is 4. The Hall–Kier alpha value is -2.29. The van der Waals surface area contributed by atoms with Gasteiger partial charge in [0.25, 0.3) is 0 Å². The van der Waals surface area contributed by atoms with E-state index in [1.165, 1.54) is 44.8 Å². The van der Waals surface area contributed by atoms with E-state index in [1.807, 2.05) is 12.1 Å². The van der Waals surface area contributed by atoms with Crippen LogP contribution in [-0.2, 0) is 10.2 Å². The van der Waals surface area contributed by atoms with Crippen molar-refractivity contribution >= 4 is 17.3 Å². The van der Waals surface area contributed by atoms with E-state index in [4.69, 9.17) is 4.74 Å². The normalized spacial score (nSPS) is 29.2. The van der Waals surface area contributed by atoms with Crippen molar-refractivity contribution in [1.82, 2.24) is 0 Å². The molecule has 2 aromatic carbocycles. The van der Waals surface area contributed by atoms with Gasteiger partial charge < -0.3 is 10.1 Å². The first-order valence-electron chi connectivity index (χ1n) is 10.5. The lowest BCUT2D eigenvalue weighted by atomic mass is 9.57. The first-order valence-corrected chi connectivity index (χ1v) is 10.5. The summed E-state index contributed by atoms with van der Waals surface area (Å²) in [6, 6.07) is 16.3. The number of ether oxygens (including phenoxy) is 1. The van der Waals surface area contributed by atoms with Gasteiger partial charge in [0.05, 0.1) is 12.7 Å². The molecule has 148 valence electrons. The van der Waals surface area contributed by atoms with E-state index in [2.05, 4.69) is 43.4 Å². The van der Waals surface area contributed by atoms with E-state index in [-0.39, 0.29) is 5.97 Å². The van der Waals surface area contributed by atoms with Crippen molar-refractivity contribution < 1.29 is 9.53 Å². The van der Waals surface area contributed by atoms with Gasteiger partial charge in [0.2, 0.25) is 0 Å². The highest BCUT2D eigenvalue weighted by molar-refractivity contribution is 5.89. The number of hydrogen-bond donors (Lipinski definition) is 1. The van der Waals surface area contributed by atoms with Gasteiger partial charge in [-0.15, -0.1) is 0 Å². The third kappa shape index (κ3) is 3.94. The van der Waals surface area contributed by atoms with Crippen molar-refractivity contribution in [3.8, 4) is 0 Å². The van der Waals surface area contributed by atoms with Crippen LogP contribution in [0.25, 0.3) is 0 Å². The number of carbonyl (C=O) groups excluding carboxylic acids is 1. The fraction of sp³-hybridized carbons (Fsp3) is 0.480. The van der Waals surface area contributed by atoms with Gasteiger partial charge in [-0.1, -0.05) is 26.0 Å². The van der Waals surface area contributed by atoms with E-state index >= 15 is 0 Å². The molecular formula is C25H31NO2. The molecule has 0 spiro atoms. The average molecular weight is 378 g/mol. The number of benzene rings is 2. The van der Waals surface area contributed by atoms with E-state index in [1.54, 1.807) is 12.1 Å². The topological polar surface area (TPSA) is 38.3 Å². The first kappa shape index (κ1) is 19.0. The molecule has 2 fully saturated rings. The minimum Gasteiger partial charge on any atom is -0.465 e. The number of hydrogen-bond acceptors (Lipinski definition) is 3. The molecule has 0 heterocycles. The zero-order chi connectivity index (χ0) is 19.7. The highest BCUT2D eigenvalue weighted by Crippen LogP contribution is 2.51. The second-order valence-corrected chi connectivity index (χ2v) is 9.28. The van der Waals surface area contributed by atoms with E-state index in [9.17, 15) is 4.79 Å². The Kier molecular flexibility index (Phi) is 5.18. The summed E-state index contributed by atoms with van der Waals surface area (Å²) in [6.07, 6.45) is 6.92. The van der Waals surface area contributed by atoms with Gasteiger partial charge in [0, 0.05) is 11.4 Å². The monoisotopic (exact) mass is 377 g/mol. The summed E-state index contributed by atoms with van der Waals surface area (Å²) in [5, 5.41) is 3.42. The van der Waals surface area contributed by atoms with Crippen LogP contribution in [0.5, 0.6) is 0 Å². The third-order valence-corrected chi connectivity index (χ3v) is 6.79. The predicted octanol–water partition coefficient (Wildman–Crippen LogP) is 6.32. The van der Waals surface area contributed by atoms with Crippen molar-refractivity contribution in [3.05, 3.63) is 59.7 Å². The number of fused-ring (bicyclic) bond motifs is 2. The van der Waals surface area contributed by atoms with Crippen molar-refractivity contribution in [2.45, 2.75) is 51.4 Å². The maximum atomic E-state index is 11.5. The Morgan fingerprint density at radius 2 is 1.46 bits per heavy atom. The lowest BCUT2D eigenvalue weighted by Gasteiger charge is -2.47. The minimum absolute atomic E-state index is 0.309. The number of anilines is 2. The fourth-order valence-electron chi connectivity index (χ4n) is 5.75. The van der Waals surface area contributed by atoms with Crippen molar-refractivity contribution in [2.24, 2.45) is 17.8 Å². The lowest BCUT2D eigenvalue weighted by molar-refractivity contribution is 0.0600. The predicted molar refractivity (Wildman–Crippen MR) is 114 cm³/mol. The summed E-state index contributed by atoms with van der Waals surface area (Å²) in [5.74, 6) is 2.40. The van der Waals surface area contributed by atoms with Crippen LogP contribution < -0.4 is 5.32 Å². The van der Waals surface area contributed by atoms with Crippen LogP contribution in [0.2, 0.25) is 0 Å². The van der Waals surface area contributed by atoms with Gasteiger partial charge in [-0.2, -0.15) is 0 Å². The maximum absolute atomic E-state index is 11.5. The molecule has 0 amide bonds. The molecule has 0 radical (unpaired) electrons. The Morgan fingerprint density at radius 1 is 0.929 bits per heavy atom. The summed E-state index contributed by atoms with van der Waals surface area (Å²) in [5.41, 5.74) is 4.39. The number of methoxy groups -OCH3 is 1. The number of nitrogens with one attached hydrogen (secondary N) is 1. The zero-order valence-corrected chi connectivity index (χ0v) is 17.2. The fourth-order valence-corrected chi connectivity index (χ4v) is 5.75. The van der Waals surface area contributed by atoms with Crippen molar-refractivity contribution in [2.75, 3.05) is 12.4 Å². The Bertz CT molecular complexity index is 807. The Balaban J connectivity index is 1.44. The van der Waals surface area contributed by atoms with E-state index in [0.717, 1.165) is 29.1 Å². The van der Waals surface area contributed by atoms with Gasteiger partial charge >= 0.3 is 5.97 Å². The van der Waals surface area contributed by atoms with Gasteiger partial charge in [0.1, 0.15) is 0 Å². The van der Waals surface area contributed by atoms with Gasteiger partial charge in [-0.25, -0.2) is 4.79 Å². The Morgan fingerprint density at radius 3 is 2.00 bits per heavy atom. The van der Waals surface area contributed by atoms with Gasteiger partial charge in [-0.05, 0) is 97.2 Å². The molecule has 2 saturated carbocycles. The summed E-state index contributed by atoms with van der Waals surface area (Å²) in [6.45, 7) is 4.90. The van der Waals surface area contributed by atoms with Gasteiger partial charge in [0.15, 0.2) is 0 Å². The van der Waals surface area contributed by atoms with Crippen LogP contribution in [0.1, 0.15) is 61.9 Å². The molecule has 28 heavy (non-hydrogen) atoms. The second kappa shape index (κ2) is 7.62. The molecule has 2 atom stereocenters. The molecular weight excluding hydrogens is 346 g/mol. The Labute approximate surface area is 168 Å². The van der Waals surface area contributed by atoms with Crippen LogP contribution in [0.4, 0.5) is 11.4 Å². The van der Waals surface area contributed by atoms with E-state index in [0.29, 0.717) is 11.0 Å². The van der Waals surface area contributed by atoms with Crippen LogP contribution in [0, 0.1) is 17.8 Å². The maximum Gasteiger partial charge on any atom is 0.337 e. The van der Waals surface area contributed by atoms with Gasteiger partial charge in [-0.3, -0.25) is 0 Å². The summed E-state index contributed by atoms with van der Waals surface area (Å²) in [7, 11) is 1.40. The molecule has 0 aromatic heterocycles. The van der Waals surface area contributed by atoms with Crippen LogP contribution >= 0.6 is 0 Å². The van der Waals surface area contributed by atoms with Crippen LogP contribution in [0.15, 0.2) is 48.5 Å². The zero-order valence-electron chi connectivity index (χ0n) is 17.2. The molecule has 2 aliphatic carbocycles. The standard InChI is InChI=1S/C25H31NO2/c1-17-12-18-14-19(13-17)16-25(2,15-18)21-6-10-23(11-7-21)26-22-8-4-20(5-9-22)24(27)28-3/h4-11,17-19,26H,12-16H2,1-3H3. The summed E-state index contributed by atoms with van der Waals surface area (Å²) >= 11 is 0. The molecule has 0 saturated heterocycles. The van der Waals surface area contributed by atoms with Crippen LogP contribution in [0.3, 0.4) is 0 Å². The molecule has 2 aromatic rings. The quantitative estimate of drug-likeness (QED) is 0.634.